The Morgan fingerprint density at radius 2 is 1.09 bits per heavy atom. The van der Waals surface area contributed by atoms with Gasteiger partial charge in [0.05, 0.1) is 0 Å². The first-order valence-corrected chi connectivity index (χ1v) is 7.21. The fourth-order valence-corrected chi connectivity index (χ4v) is 2.44. The third kappa shape index (κ3) is 3.23. The topological polar surface area (TPSA) is 29.1 Å². The molecule has 1 amide bonds. The van der Waals surface area contributed by atoms with Crippen LogP contribution in [0.5, 0.6) is 0 Å². The van der Waals surface area contributed by atoms with Gasteiger partial charge < -0.3 is 5.32 Å². The molecular weight excluding hydrogens is 270 g/mol. The second kappa shape index (κ2) is 6.72. The molecule has 0 spiro atoms. The average Bonchev–Trinajstić information content (AvgIpc) is 2.61. The number of nitrogens with one attached hydrogen (secondary N) is 1. The average molecular weight is 286 g/mol. The monoisotopic (exact) mass is 286 g/mol. The molecule has 22 heavy (non-hydrogen) atoms. The number of amides is 1. The highest BCUT2D eigenvalue weighted by atomic mass is 16.1. The minimum atomic E-state index is 0.511. The van der Waals surface area contributed by atoms with Crippen LogP contribution < -0.4 is 5.32 Å². The van der Waals surface area contributed by atoms with Gasteiger partial charge in [-0.3, -0.25) is 4.79 Å². The van der Waals surface area contributed by atoms with E-state index in [1.54, 1.807) is 6.41 Å². The molecule has 0 aliphatic carbocycles. The zero-order chi connectivity index (χ0) is 15.2. The van der Waals surface area contributed by atoms with E-state index in [1.165, 1.54) is 22.3 Å². The van der Waals surface area contributed by atoms with E-state index in [-0.39, 0.29) is 0 Å². The van der Waals surface area contributed by atoms with E-state index in [0.717, 1.165) is 5.56 Å². The van der Waals surface area contributed by atoms with Gasteiger partial charge in [-0.15, -0.1) is 0 Å². The van der Waals surface area contributed by atoms with E-state index in [9.17, 15) is 4.79 Å². The zero-order valence-corrected chi connectivity index (χ0v) is 12.1. The molecule has 1 radical (unpaired) electrons. The summed E-state index contributed by atoms with van der Waals surface area (Å²) in [5, 5.41) is 2.54. The molecule has 0 aliphatic heterocycles. The Morgan fingerprint density at radius 3 is 1.59 bits per heavy atom. The first-order valence-electron chi connectivity index (χ1n) is 7.21. The molecule has 0 atom stereocenters. The van der Waals surface area contributed by atoms with Crippen molar-refractivity contribution in [2.45, 2.75) is 6.54 Å². The van der Waals surface area contributed by atoms with Crippen LogP contribution in [-0.4, -0.2) is 6.41 Å². The number of hydrogen-bond donors (Lipinski definition) is 1. The predicted molar refractivity (Wildman–Crippen MR) is 89.8 cm³/mol. The standard InChI is InChI=1S/C20H16NO/c22-15-21-14-16-6-8-18(9-7-16)20-12-10-19(11-13-20)17-4-2-1-3-5-17/h1-13H,14H2,(H,21,22). The van der Waals surface area contributed by atoms with E-state index in [0.29, 0.717) is 6.54 Å². The Morgan fingerprint density at radius 1 is 0.636 bits per heavy atom. The molecular formula is C20H16NO. The lowest BCUT2D eigenvalue weighted by Gasteiger charge is -2.06. The highest BCUT2D eigenvalue weighted by Gasteiger charge is 2.00. The highest BCUT2D eigenvalue weighted by molar-refractivity contribution is 5.70. The molecule has 107 valence electrons. The maximum atomic E-state index is 10.2. The van der Waals surface area contributed by atoms with Crippen molar-refractivity contribution in [3.05, 3.63) is 84.4 Å². The van der Waals surface area contributed by atoms with Crippen LogP contribution in [0.1, 0.15) is 5.56 Å². The Labute approximate surface area is 130 Å². The van der Waals surface area contributed by atoms with Gasteiger partial charge in [0.15, 0.2) is 0 Å². The van der Waals surface area contributed by atoms with Crippen molar-refractivity contribution in [3.63, 3.8) is 0 Å². The van der Waals surface area contributed by atoms with E-state index in [2.05, 4.69) is 53.8 Å². The van der Waals surface area contributed by atoms with Crippen molar-refractivity contribution in [1.29, 1.82) is 0 Å². The molecule has 0 aliphatic rings. The summed E-state index contributed by atoms with van der Waals surface area (Å²) < 4.78 is 0. The normalized spacial score (nSPS) is 10.2. The lowest BCUT2D eigenvalue weighted by molar-refractivity contribution is 0.542. The van der Waals surface area contributed by atoms with Gasteiger partial charge in [-0.2, -0.15) is 0 Å². The molecule has 3 aromatic rings. The van der Waals surface area contributed by atoms with Crippen LogP contribution in [0.15, 0.2) is 78.9 Å². The van der Waals surface area contributed by atoms with E-state index < -0.39 is 0 Å². The maximum Gasteiger partial charge on any atom is 0.309 e. The summed E-state index contributed by atoms with van der Waals surface area (Å²) in [6.07, 6.45) is 1.68. The number of benzene rings is 3. The Balaban J connectivity index is 1.79. The molecule has 2 nitrogen and oxygen atoms in total. The Bertz CT molecular complexity index is 731. The minimum absolute atomic E-state index is 0.511. The predicted octanol–water partition coefficient (Wildman–Crippen LogP) is 4.18. The van der Waals surface area contributed by atoms with Gasteiger partial charge in [-0.25, -0.2) is 0 Å². The summed E-state index contributed by atoms with van der Waals surface area (Å²) in [6, 6.07) is 27.1. The lowest BCUT2D eigenvalue weighted by Crippen LogP contribution is -2.09. The summed E-state index contributed by atoms with van der Waals surface area (Å²) in [6.45, 7) is 0.511. The molecule has 0 unspecified atom stereocenters. The summed E-state index contributed by atoms with van der Waals surface area (Å²) in [5.41, 5.74) is 5.85. The van der Waals surface area contributed by atoms with Crippen LogP contribution in [0.3, 0.4) is 0 Å². The van der Waals surface area contributed by atoms with Crippen LogP contribution in [0.4, 0.5) is 0 Å². The quantitative estimate of drug-likeness (QED) is 0.700. The van der Waals surface area contributed by atoms with Crippen molar-refractivity contribution in [2.24, 2.45) is 0 Å². The number of hydrogen-bond acceptors (Lipinski definition) is 1. The van der Waals surface area contributed by atoms with Crippen molar-refractivity contribution in [2.75, 3.05) is 0 Å². The fourth-order valence-electron chi connectivity index (χ4n) is 2.44. The molecule has 0 fully saturated rings. The van der Waals surface area contributed by atoms with Crippen LogP contribution >= 0.6 is 0 Å². The SMILES string of the molecule is O=[C]NCc1ccc(-c2ccc(-c3ccccc3)cc2)cc1. The van der Waals surface area contributed by atoms with Crippen molar-refractivity contribution in [3.8, 4) is 22.3 Å². The molecule has 0 bridgehead atoms. The first-order chi connectivity index (χ1) is 10.9. The molecule has 0 saturated heterocycles. The first kappa shape index (κ1) is 14.1. The van der Waals surface area contributed by atoms with Crippen molar-refractivity contribution >= 4 is 6.41 Å². The van der Waals surface area contributed by atoms with Crippen LogP contribution in [0, 0.1) is 0 Å². The summed E-state index contributed by atoms with van der Waals surface area (Å²) in [5.74, 6) is 0. The van der Waals surface area contributed by atoms with Crippen LogP contribution in [-0.2, 0) is 11.3 Å². The summed E-state index contributed by atoms with van der Waals surface area (Å²) in [7, 11) is 0. The largest absolute Gasteiger partial charge is 0.344 e. The number of carbonyl (C=O) groups excluding carboxylic acids is 1. The van der Waals surface area contributed by atoms with Gasteiger partial charge in [-0.05, 0) is 27.8 Å². The molecule has 0 heterocycles. The molecule has 1 N–H and O–H groups in total. The second-order valence-electron chi connectivity index (χ2n) is 5.10. The molecule has 0 saturated carbocycles. The van der Waals surface area contributed by atoms with Crippen LogP contribution in [0.2, 0.25) is 0 Å². The minimum Gasteiger partial charge on any atom is -0.344 e. The summed E-state index contributed by atoms with van der Waals surface area (Å²) in [4.78, 5) is 10.2. The van der Waals surface area contributed by atoms with Gasteiger partial charge in [0.25, 0.3) is 0 Å². The third-order valence-corrected chi connectivity index (χ3v) is 3.64. The smallest absolute Gasteiger partial charge is 0.309 e. The number of rotatable bonds is 5. The Hall–Kier alpha value is -2.87. The fraction of sp³-hybridized carbons (Fsp3) is 0.0500. The van der Waals surface area contributed by atoms with Gasteiger partial charge in [0.2, 0.25) is 0 Å². The lowest BCUT2D eigenvalue weighted by atomic mass is 10.00. The van der Waals surface area contributed by atoms with Gasteiger partial charge in [0.1, 0.15) is 0 Å². The molecule has 3 aromatic carbocycles. The van der Waals surface area contributed by atoms with E-state index in [4.69, 9.17) is 0 Å². The molecule has 3 rings (SSSR count). The molecule has 0 aromatic heterocycles. The third-order valence-electron chi connectivity index (χ3n) is 3.64. The Kier molecular flexibility index (Phi) is 4.30. The maximum absolute atomic E-state index is 10.2. The van der Waals surface area contributed by atoms with E-state index in [1.807, 2.05) is 30.3 Å². The van der Waals surface area contributed by atoms with Gasteiger partial charge >= 0.3 is 6.41 Å². The second-order valence-corrected chi connectivity index (χ2v) is 5.10. The van der Waals surface area contributed by atoms with Crippen molar-refractivity contribution in [1.82, 2.24) is 5.32 Å². The summed E-state index contributed by atoms with van der Waals surface area (Å²) >= 11 is 0. The highest BCUT2D eigenvalue weighted by Crippen LogP contribution is 2.24. The van der Waals surface area contributed by atoms with Crippen molar-refractivity contribution < 1.29 is 4.79 Å². The van der Waals surface area contributed by atoms with Gasteiger partial charge in [-0.1, -0.05) is 78.9 Å². The van der Waals surface area contributed by atoms with Crippen LogP contribution in [0.25, 0.3) is 22.3 Å². The van der Waals surface area contributed by atoms with Gasteiger partial charge in [0, 0.05) is 6.54 Å². The van der Waals surface area contributed by atoms with E-state index >= 15 is 0 Å². The zero-order valence-electron chi connectivity index (χ0n) is 12.1. The molecule has 2 heteroatoms.